The van der Waals surface area contributed by atoms with Gasteiger partial charge >= 0.3 is 0 Å². The van der Waals surface area contributed by atoms with E-state index in [0.717, 1.165) is 17.0 Å². The molecule has 1 amide bonds. The van der Waals surface area contributed by atoms with Gasteiger partial charge in [-0.2, -0.15) is 0 Å². The fourth-order valence-electron chi connectivity index (χ4n) is 1.71. The van der Waals surface area contributed by atoms with Gasteiger partial charge in [-0.1, -0.05) is 12.1 Å². The Labute approximate surface area is 88.3 Å². The van der Waals surface area contributed by atoms with Crippen LogP contribution in [0.15, 0.2) is 29.2 Å². The molecule has 0 fully saturated rings. The molecule has 0 saturated heterocycles. The van der Waals surface area contributed by atoms with Crippen molar-refractivity contribution >= 4 is 17.7 Å². The van der Waals surface area contributed by atoms with Crippen LogP contribution in [-0.4, -0.2) is 22.7 Å². The van der Waals surface area contributed by atoms with Crippen LogP contribution >= 0.6 is 11.8 Å². The highest BCUT2D eigenvalue weighted by molar-refractivity contribution is 8.00. The van der Waals surface area contributed by atoms with Crippen molar-refractivity contribution in [3.8, 4) is 0 Å². The van der Waals surface area contributed by atoms with Gasteiger partial charge < -0.3 is 4.90 Å². The Bertz CT molecular complexity index is 364. The molecule has 1 aliphatic heterocycles. The van der Waals surface area contributed by atoms with Crippen LogP contribution in [0.2, 0.25) is 0 Å². The number of amides is 1. The second-order valence-electron chi connectivity index (χ2n) is 3.30. The van der Waals surface area contributed by atoms with E-state index in [4.69, 9.17) is 0 Å². The van der Waals surface area contributed by atoms with E-state index in [9.17, 15) is 4.79 Å². The summed E-state index contributed by atoms with van der Waals surface area (Å²) in [7, 11) is 0. The van der Waals surface area contributed by atoms with Gasteiger partial charge in [-0.05, 0) is 26.0 Å². The standard InChI is InChI=1S/C11H13NOS/c1-3-12-8(2)14-10-7-5-4-6-9(10)11(12)13/h4-8H,3H2,1-2H3. The van der Waals surface area contributed by atoms with E-state index in [-0.39, 0.29) is 11.3 Å². The van der Waals surface area contributed by atoms with Gasteiger partial charge in [0.1, 0.15) is 0 Å². The maximum absolute atomic E-state index is 12.0. The number of nitrogens with zero attached hydrogens (tertiary/aromatic N) is 1. The van der Waals surface area contributed by atoms with Crippen molar-refractivity contribution in [2.24, 2.45) is 0 Å². The summed E-state index contributed by atoms with van der Waals surface area (Å²) in [6, 6.07) is 7.81. The van der Waals surface area contributed by atoms with Crippen LogP contribution in [-0.2, 0) is 0 Å². The molecule has 1 aromatic carbocycles. The SMILES string of the molecule is CCN1C(=O)c2ccccc2SC1C. The average molecular weight is 207 g/mol. The first-order valence-corrected chi connectivity index (χ1v) is 5.68. The molecule has 1 aromatic rings. The maximum atomic E-state index is 12.0. The third-order valence-corrected chi connectivity index (χ3v) is 3.66. The molecule has 0 aliphatic carbocycles. The molecule has 14 heavy (non-hydrogen) atoms. The highest BCUT2D eigenvalue weighted by Gasteiger charge is 2.28. The monoisotopic (exact) mass is 207 g/mol. The van der Waals surface area contributed by atoms with Crippen LogP contribution in [0.4, 0.5) is 0 Å². The molecule has 3 heteroatoms. The number of carbonyl (C=O) groups is 1. The number of hydrogen-bond acceptors (Lipinski definition) is 2. The Hall–Kier alpha value is -0.960. The second-order valence-corrected chi connectivity index (χ2v) is 4.66. The molecule has 2 rings (SSSR count). The first-order chi connectivity index (χ1) is 6.74. The van der Waals surface area contributed by atoms with E-state index in [1.807, 2.05) is 36.1 Å². The Morgan fingerprint density at radius 1 is 1.43 bits per heavy atom. The summed E-state index contributed by atoms with van der Waals surface area (Å²) in [5.74, 6) is 0.161. The van der Waals surface area contributed by atoms with Crippen LogP contribution in [0, 0.1) is 0 Å². The van der Waals surface area contributed by atoms with Gasteiger partial charge in [-0.3, -0.25) is 4.79 Å². The number of hydrogen-bond donors (Lipinski definition) is 0. The van der Waals surface area contributed by atoms with Crippen molar-refractivity contribution in [3.05, 3.63) is 29.8 Å². The van der Waals surface area contributed by atoms with Crippen molar-refractivity contribution in [1.82, 2.24) is 4.90 Å². The van der Waals surface area contributed by atoms with Gasteiger partial charge in [0.2, 0.25) is 0 Å². The zero-order valence-electron chi connectivity index (χ0n) is 8.36. The van der Waals surface area contributed by atoms with Crippen molar-refractivity contribution in [2.75, 3.05) is 6.54 Å². The normalized spacial score (nSPS) is 20.9. The van der Waals surface area contributed by atoms with Crippen LogP contribution in [0.1, 0.15) is 24.2 Å². The molecule has 0 bridgehead atoms. The second kappa shape index (κ2) is 3.65. The molecule has 1 atom stereocenters. The molecule has 2 nitrogen and oxygen atoms in total. The fourth-order valence-corrected chi connectivity index (χ4v) is 2.89. The molecule has 74 valence electrons. The lowest BCUT2D eigenvalue weighted by atomic mass is 10.2. The fraction of sp³-hybridized carbons (Fsp3) is 0.364. The molecule has 0 N–H and O–H groups in total. The van der Waals surface area contributed by atoms with Crippen LogP contribution in [0.25, 0.3) is 0 Å². The molecule has 0 spiro atoms. The summed E-state index contributed by atoms with van der Waals surface area (Å²) < 4.78 is 0. The van der Waals surface area contributed by atoms with E-state index >= 15 is 0 Å². The highest BCUT2D eigenvalue weighted by Crippen LogP contribution is 2.34. The minimum atomic E-state index is 0.161. The minimum Gasteiger partial charge on any atom is -0.327 e. The topological polar surface area (TPSA) is 20.3 Å². The lowest BCUT2D eigenvalue weighted by molar-refractivity contribution is 0.0745. The van der Waals surface area contributed by atoms with Gasteiger partial charge in [-0.25, -0.2) is 0 Å². The van der Waals surface area contributed by atoms with E-state index < -0.39 is 0 Å². The van der Waals surface area contributed by atoms with Crippen LogP contribution in [0.3, 0.4) is 0 Å². The zero-order valence-corrected chi connectivity index (χ0v) is 9.17. The number of fused-ring (bicyclic) bond motifs is 1. The molecule has 0 saturated carbocycles. The molecular weight excluding hydrogens is 194 g/mol. The molecule has 1 unspecified atom stereocenters. The Morgan fingerprint density at radius 2 is 2.14 bits per heavy atom. The average Bonchev–Trinajstić information content (AvgIpc) is 2.18. The Kier molecular flexibility index (Phi) is 2.50. The lowest BCUT2D eigenvalue weighted by Crippen LogP contribution is -2.39. The minimum absolute atomic E-state index is 0.161. The summed E-state index contributed by atoms with van der Waals surface area (Å²) in [5.41, 5.74) is 0.845. The van der Waals surface area contributed by atoms with Crippen molar-refractivity contribution in [1.29, 1.82) is 0 Å². The Morgan fingerprint density at radius 3 is 2.86 bits per heavy atom. The number of thioether (sulfide) groups is 1. The molecule has 1 aliphatic rings. The number of carbonyl (C=O) groups excluding carboxylic acids is 1. The van der Waals surface area contributed by atoms with Gasteiger partial charge in [0.25, 0.3) is 5.91 Å². The quantitative estimate of drug-likeness (QED) is 0.705. The Balaban J connectivity index is 2.43. The highest BCUT2D eigenvalue weighted by atomic mass is 32.2. The number of rotatable bonds is 1. The summed E-state index contributed by atoms with van der Waals surface area (Å²) in [6.45, 7) is 4.87. The van der Waals surface area contributed by atoms with Crippen molar-refractivity contribution in [2.45, 2.75) is 24.1 Å². The molecule has 1 heterocycles. The van der Waals surface area contributed by atoms with Gasteiger partial charge in [0.05, 0.1) is 10.9 Å². The van der Waals surface area contributed by atoms with Gasteiger partial charge in [0, 0.05) is 11.4 Å². The maximum Gasteiger partial charge on any atom is 0.255 e. The molecule has 0 radical (unpaired) electrons. The predicted octanol–water partition coefficient (Wildman–Crippen LogP) is 2.60. The van der Waals surface area contributed by atoms with Gasteiger partial charge in [-0.15, -0.1) is 11.8 Å². The van der Waals surface area contributed by atoms with Crippen molar-refractivity contribution in [3.63, 3.8) is 0 Å². The predicted molar refractivity (Wildman–Crippen MR) is 58.5 cm³/mol. The summed E-state index contributed by atoms with van der Waals surface area (Å²) in [6.07, 6.45) is 0. The van der Waals surface area contributed by atoms with E-state index in [0.29, 0.717) is 0 Å². The molecule has 0 aromatic heterocycles. The summed E-state index contributed by atoms with van der Waals surface area (Å²) in [4.78, 5) is 15.0. The first-order valence-electron chi connectivity index (χ1n) is 4.80. The smallest absolute Gasteiger partial charge is 0.255 e. The van der Waals surface area contributed by atoms with Crippen molar-refractivity contribution < 1.29 is 4.79 Å². The molecular formula is C11H13NOS. The van der Waals surface area contributed by atoms with Crippen LogP contribution < -0.4 is 0 Å². The van der Waals surface area contributed by atoms with Crippen LogP contribution in [0.5, 0.6) is 0 Å². The number of benzene rings is 1. The zero-order chi connectivity index (χ0) is 10.1. The largest absolute Gasteiger partial charge is 0.327 e. The van der Waals surface area contributed by atoms with E-state index in [2.05, 4.69) is 6.92 Å². The summed E-state index contributed by atoms with van der Waals surface area (Å²) >= 11 is 1.75. The first kappa shape index (κ1) is 9.59. The lowest BCUT2D eigenvalue weighted by Gasteiger charge is -2.32. The van der Waals surface area contributed by atoms with E-state index in [1.165, 1.54) is 0 Å². The third kappa shape index (κ3) is 1.42. The third-order valence-electron chi connectivity index (χ3n) is 2.46. The van der Waals surface area contributed by atoms with E-state index in [1.54, 1.807) is 11.8 Å². The summed E-state index contributed by atoms with van der Waals surface area (Å²) in [5, 5.41) is 0.252. The van der Waals surface area contributed by atoms with Gasteiger partial charge in [0.15, 0.2) is 0 Å².